The van der Waals surface area contributed by atoms with E-state index in [1.54, 1.807) is 32.6 Å². The van der Waals surface area contributed by atoms with Crippen LogP contribution in [0.4, 0.5) is 5.69 Å². The minimum atomic E-state index is -0.346. The van der Waals surface area contributed by atoms with E-state index >= 15 is 0 Å². The Labute approximate surface area is 206 Å². The predicted octanol–water partition coefficient (Wildman–Crippen LogP) is 5.34. The Morgan fingerprint density at radius 3 is 2.26 bits per heavy atom. The van der Waals surface area contributed by atoms with Gasteiger partial charge in [-0.05, 0) is 55.7 Å². The molecular formula is C29H31N3O3. The number of hydrogen-bond acceptors (Lipinski definition) is 5. The van der Waals surface area contributed by atoms with E-state index in [0.29, 0.717) is 17.1 Å². The largest absolute Gasteiger partial charge is 0.493 e. The molecule has 0 bridgehead atoms. The van der Waals surface area contributed by atoms with Crippen molar-refractivity contribution in [2.24, 2.45) is 5.10 Å². The SMILES string of the molecule is CCN1/C(=C\C=N\NC(=O)c2ccccc2)C(C)(Cc2ccccc2)c2cc(OC)c(OC)cc21. The lowest BCUT2D eigenvalue weighted by Gasteiger charge is -2.30. The first-order valence-electron chi connectivity index (χ1n) is 11.7. The minimum absolute atomic E-state index is 0.246. The van der Waals surface area contributed by atoms with Crippen LogP contribution in [0.25, 0.3) is 0 Å². The summed E-state index contributed by atoms with van der Waals surface area (Å²) < 4.78 is 11.2. The van der Waals surface area contributed by atoms with Gasteiger partial charge in [-0.1, -0.05) is 48.5 Å². The van der Waals surface area contributed by atoms with Crippen LogP contribution in [0.5, 0.6) is 11.5 Å². The van der Waals surface area contributed by atoms with Gasteiger partial charge in [-0.25, -0.2) is 5.43 Å². The molecule has 6 heteroatoms. The third-order valence-corrected chi connectivity index (χ3v) is 6.47. The topological polar surface area (TPSA) is 63.2 Å². The number of rotatable bonds is 8. The average molecular weight is 470 g/mol. The second-order valence-corrected chi connectivity index (χ2v) is 8.60. The zero-order valence-corrected chi connectivity index (χ0v) is 20.6. The van der Waals surface area contributed by atoms with Gasteiger partial charge in [0.25, 0.3) is 5.91 Å². The highest BCUT2D eigenvalue weighted by Crippen LogP contribution is 2.52. The molecule has 1 unspecified atom stereocenters. The van der Waals surface area contributed by atoms with Gasteiger partial charge >= 0.3 is 0 Å². The Hall–Kier alpha value is -4.06. The van der Waals surface area contributed by atoms with Crippen molar-refractivity contribution in [1.82, 2.24) is 5.43 Å². The molecule has 0 aliphatic carbocycles. The highest BCUT2D eigenvalue weighted by atomic mass is 16.5. The first kappa shape index (κ1) is 24.1. The summed E-state index contributed by atoms with van der Waals surface area (Å²) in [6.07, 6.45) is 4.43. The number of benzene rings is 3. The monoisotopic (exact) mass is 469 g/mol. The van der Waals surface area contributed by atoms with Crippen molar-refractivity contribution in [1.29, 1.82) is 0 Å². The normalized spacial score (nSPS) is 18.1. The molecule has 4 rings (SSSR count). The third-order valence-electron chi connectivity index (χ3n) is 6.47. The standard InChI is InChI=1S/C29H31N3O3/c1-5-32-24-19-26(35-4)25(34-3)18-23(24)29(2,20-21-12-8-6-9-13-21)27(32)16-17-30-31-28(33)22-14-10-7-11-15-22/h6-19H,5,20H2,1-4H3,(H,31,33)/b27-16-,30-17+. The Bertz CT molecular complexity index is 1240. The number of likely N-dealkylation sites (N-methyl/N-ethyl adjacent to an activating group) is 1. The van der Waals surface area contributed by atoms with Gasteiger partial charge in [-0.15, -0.1) is 0 Å². The smallest absolute Gasteiger partial charge is 0.271 e. The summed E-state index contributed by atoms with van der Waals surface area (Å²) in [5.41, 5.74) is 7.40. The Kier molecular flexibility index (Phi) is 7.20. The molecule has 3 aromatic rings. The maximum Gasteiger partial charge on any atom is 0.271 e. The molecule has 6 nitrogen and oxygen atoms in total. The molecule has 1 amide bonds. The molecule has 0 spiro atoms. The number of fused-ring (bicyclic) bond motifs is 1. The quantitative estimate of drug-likeness (QED) is 0.357. The molecule has 35 heavy (non-hydrogen) atoms. The first-order chi connectivity index (χ1) is 17.0. The zero-order chi connectivity index (χ0) is 24.8. The number of hydrogen-bond donors (Lipinski definition) is 1. The minimum Gasteiger partial charge on any atom is -0.493 e. The summed E-state index contributed by atoms with van der Waals surface area (Å²) in [6, 6.07) is 23.6. The van der Waals surface area contributed by atoms with Gasteiger partial charge in [0.2, 0.25) is 0 Å². The number of nitrogens with one attached hydrogen (secondary N) is 1. The van der Waals surface area contributed by atoms with Crippen LogP contribution in [0.3, 0.4) is 0 Å². The number of carbonyl (C=O) groups is 1. The number of nitrogens with zero attached hydrogens (tertiary/aromatic N) is 2. The fourth-order valence-electron chi connectivity index (χ4n) is 4.76. The molecule has 3 aromatic carbocycles. The van der Waals surface area contributed by atoms with Crippen molar-refractivity contribution in [3.63, 3.8) is 0 Å². The Morgan fingerprint density at radius 1 is 1.00 bits per heavy atom. The van der Waals surface area contributed by atoms with Crippen molar-refractivity contribution >= 4 is 17.8 Å². The molecule has 1 heterocycles. The summed E-state index contributed by atoms with van der Waals surface area (Å²) in [5.74, 6) is 1.15. The second kappa shape index (κ2) is 10.5. The van der Waals surface area contributed by atoms with E-state index in [1.807, 2.05) is 36.4 Å². The summed E-state index contributed by atoms with van der Waals surface area (Å²) in [5, 5.41) is 4.21. The molecular weight excluding hydrogens is 438 g/mol. The highest BCUT2D eigenvalue weighted by molar-refractivity contribution is 5.94. The lowest BCUT2D eigenvalue weighted by atomic mass is 9.76. The van der Waals surface area contributed by atoms with E-state index in [2.05, 4.69) is 59.6 Å². The van der Waals surface area contributed by atoms with Gasteiger partial charge in [-0.3, -0.25) is 4.79 Å². The fraction of sp³-hybridized carbons (Fsp3) is 0.241. The predicted molar refractivity (Wildman–Crippen MR) is 141 cm³/mol. The van der Waals surface area contributed by atoms with Crippen molar-refractivity contribution < 1.29 is 14.3 Å². The second-order valence-electron chi connectivity index (χ2n) is 8.60. The van der Waals surface area contributed by atoms with Crippen LogP contribution in [-0.4, -0.2) is 32.9 Å². The van der Waals surface area contributed by atoms with Crippen molar-refractivity contribution in [2.75, 3.05) is 25.7 Å². The van der Waals surface area contributed by atoms with E-state index < -0.39 is 0 Å². The van der Waals surface area contributed by atoms with E-state index in [4.69, 9.17) is 9.47 Å². The number of methoxy groups -OCH3 is 2. The van der Waals surface area contributed by atoms with Crippen LogP contribution >= 0.6 is 0 Å². The van der Waals surface area contributed by atoms with Crippen LogP contribution in [-0.2, 0) is 11.8 Å². The number of amides is 1. The number of carbonyl (C=O) groups excluding carboxylic acids is 1. The molecule has 1 N–H and O–H groups in total. The summed E-state index contributed by atoms with van der Waals surface area (Å²) in [7, 11) is 3.31. The number of hydrazone groups is 1. The summed E-state index contributed by atoms with van der Waals surface area (Å²) >= 11 is 0. The maximum absolute atomic E-state index is 12.4. The lowest BCUT2D eigenvalue weighted by molar-refractivity contribution is 0.0955. The molecule has 0 radical (unpaired) electrons. The van der Waals surface area contributed by atoms with Gasteiger partial charge in [-0.2, -0.15) is 5.10 Å². The molecule has 0 saturated carbocycles. The Balaban J connectivity index is 1.73. The highest BCUT2D eigenvalue weighted by Gasteiger charge is 2.44. The van der Waals surface area contributed by atoms with Crippen molar-refractivity contribution in [3.05, 3.63) is 101 Å². The Morgan fingerprint density at radius 2 is 1.63 bits per heavy atom. The molecule has 1 atom stereocenters. The van der Waals surface area contributed by atoms with Crippen LogP contribution < -0.4 is 19.8 Å². The maximum atomic E-state index is 12.4. The van der Waals surface area contributed by atoms with Crippen molar-refractivity contribution in [3.8, 4) is 11.5 Å². The van der Waals surface area contributed by atoms with Crippen LogP contribution in [0, 0.1) is 0 Å². The van der Waals surface area contributed by atoms with Crippen molar-refractivity contribution in [2.45, 2.75) is 25.7 Å². The van der Waals surface area contributed by atoms with Gasteiger partial charge < -0.3 is 14.4 Å². The third kappa shape index (κ3) is 4.78. The van der Waals surface area contributed by atoms with Gasteiger partial charge in [0.15, 0.2) is 11.5 Å². The van der Waals surface area contributed by atoms with Crippen LogP contribution in [0.1, 0.15) is 35.3 Å². The lowest BCUT2D eigenvalue weighted by Crippen LogP contribution is -2.30. The van der Waals surface area contributed by atoms with Gasteiger partial charge in [0.1, 0.15) is 0 Å². The molecule has 0 fully saturated rings. The van der Waals surface area contributed by atoms with E-state index in [1.165, 1.54) is 5.56 Å². The summed E-state index contributed by atoms with van der Waals surface area (Å²) in [4.78, 5) is 14.6. The van der Waals surface area contributed by atoms with E-state index in [9.17, 15) is 4.79 Å². The van der Waals surface area contributed by atoms with Gasteiger partial charge in [0, 0.05) is 41.2 Å². The van der Waals surface area contributed by atoms with Crippen LogP contribution in [0.15, 0.2) is 89.7 Å². The molecule has 1 aliphatic heterocycles. The number of ether oxygens (including phenoxy) is 2. The number of anilines is 1. The summed E-state index contributed by atoms with van der Waals surface area (Å²) in [6.45, 7) is 5.13. The number of allylic oxidation sites excluding steroid dienone is 2. The van der Waals surface area contributed by atoms with Gasteiger partial charge in [0.05, 0.1) is 14.2 Å². The molecule has 180 valence electrons. The van der Waals surface area contributed by atoms with Crippen LogP contribution in [0.2, 0.25) is 0 Å². The molecule has 1 aliphatic rings. The molecule has 0 saturated heterocycles. The average Bonchev–Trinajstić information content (AvgIpc) is 3.12. The van der Waals surface area contributed by atoms with E-state index in [0.717, 1.165) is 29.9 Å². The molecule has 0 aromatic heterocycles. The van der Waals surface area contributed by atoms with E-state index in [-0.39, 0.29) is 11.3 Å². The fourth-order valence-corrected chi connectivity index (χ4v) is 4.76. The zero-order valence-electron chi connectivity index (χ0n) is 20.6. The first-order valence-corrected chi connectivity index (χ1v) is 11.7.